The highest BCUT2D eigenvalue weighted by Gasteiger charge is 2.17. The zero-order chi connectivity index (χ0) is 20.4. The number of nitrogens with zero attached hydrogens (tertiary/aromatic N) is 4. The monoisotopic (exact) mass is 443 g/mol. The van der Waals surface area contributed by atoms with Crippen molar-refractivity contribution in [3.63, 3.8) is 0 Å². The molecule has 0 aliphatic rings. The van der Waals surface area contributed by atoms with E-state index >= 15 is 0 Å². The van der Waals surface area contributed by atoms with Crippen LogP contribution in [0.2, 0.25) is 0 Å². The van der Waals surface area contributed by atoms with Crippen LogP contribution in [0.4, 0.5) is 10.8 Å². The zero-order valence-corrected chi connectivity index (χ0v) is 18.8. The molecule has 0 amide bonds. The molecular formula is C20H21N5OS3. The molecule has 1 atom stereocenters. The van der Waals surface area contributed by atoms with Gasteiger partial charge in [0.15, 0.2) is 3.95 Å². The number of anilines is 2. The lowest BCUT2D eigenvalue weighted by Crippen LogP contribution is -2.26. The van der Waals surface area contributed by atoms with Crippen LogP contribution in [0, 0.1) is 3.95 Å². The first-order valence-electron chi connectivity index (χ1n) is 9.08. The van der Waals surface area contributed by atoms with Crippen LogP contribution in [0.15, 0.2) is 48.5 Å². The highest BCUT2D eigenvalue weighted by molar-refractivity contribution is 7.73. The normalized spacial score (nSPS) is 12.4. The van der Waals surface area contributed by atoms with E-state index in [0.29, 0.717) is 6.67 Å². The van der Waals surface area contributed by atoms with Gasteiger partial charge in [-0.15, -0.1) is 16.4 Å². The molecule has 0 bridgehead atoms. The van der Waals surface area contributed by atoms with Crippen molar-refractivity contribution in [1.29, 1.82) is 0 Å². The van der Waals surface area contributed by atoms with Crippen molar-refractivity contribution in [2.75, 3.05) is 19.5 Å². The summed E-state index contributed by atoms with van der Waals surface area (Å²) >= 11 is 8.71. The molecule has 150 valence electrons. The molecule has 4 rings (SSSR count). The minimum atomic E-state index is 0.158. The van der Waals surface area contributed by atoms with E-state index in [1.54, 1.807) is 18.4 Å². The van der Waals surface area contributed by atoms with E-state index in [2.05, 4.69) is 41.4 Å². The number of hydrogen-bond donors (Lipinski definition) is 1. The van der Waals surface area contributed by atoms with Gasteiger partial charge in [-0.25, -0.2) is 9.67 Å². The van der Waals surface area contributed by atoms with Crippen molar-refractivity contribution < 1.29 is 4.74 Å². The molecule has 0 unspecified atom stereocenters. The van der Waals surface area contributed by atoms with E-state index in [4.69, 9.17) is 21.9 Å². The molecule has 4 aromatic rings. The molecule has 0 saturated heterocycles. The summed E-state index contributed by atoms with van der Waals surface area (Å²) in [6, 6.07) is 16.1. The highest BCUT2D eigenvalue weighted by atomic mass is 32.1. The molecule has 1 N–H and O–H groups in total. The number of methoxy groups -OCH3 is 1. The van der Waals surface area contributed by atoms with Gasteiger partial charge in [-0.05, 0) is 50.5 Å². The number of para-hydroxylation sites is 1. The lowest BCUT2D eigenvalue weighted by molar-refractivity contribution is 0.195. The molecule has 0 spiro atoms. The quantitative estimate of drug-likeness (QED) is 0.371. The second kappa shape index (κ2) is 8.58. The SMILES string of the molecule is COc1cccc(Nc2nn(CN(C)[C@@H](C)c3nc4ccccc4s3)c(=S)s2)c1. The fourth-order valence-electron chi connectivity index (χ4n) is 2.86. The van der Waals surface area contributed by atoms with Crippen molar-refractivity contribution in [2.24, 2.45) is 0 Å². The molecule has 0 saturated carbocycles. The Bertz CT molecular complexity index is 1150. The Morgan fingerprint density at radius 3 is 2.83 bits per heavy atom. The molecule has 0 aliphatic carbocycles. The summed E-state index contributed by atoms with van der Waals surface area (Å²) in [7, 11) is 3.72. The first-order chi connectivity index (χ1) is 14.0. The summed E-state index contributed by atoms with van der Waals surface area (Å²) in [6.07, 6.45) is 0. The van der Waals surface area contributed by atoms with Crippen molar-refractivity contribution in [3.8, 4) is 5.75 Å². The lowest BCUT2D eigenvalue weighted by atomic mass is 10.3. The number of aromatic nitrogens is 3. The smallest absolute Gasteiger partial charge is 0.209 e. The minimum Gasteiger partial charge on any atom is -0.497 e. The second-order valence-electron chi connectivity index (χ2n) is 6.62. The molecule has 2 heterocycles. The van der Waals surface area contributed by atoms with E-state index in [1.165, 1.54) is 16.0 Å². The zero-order valence-electron chi connectivity index (χ0n) is 16.3. The van der Waals surface area contributed by atoms with Crippen molar-refractivity contribution in [1.82, 2.24) is 19.7 Å². The predicted octanol–water partition coefficient (Wildman–Crippen LogP) is 5.69. The molecule has 0 radical (unpaired) electrons. The fourth-order valence-corrected chi connectivity index (χ4v) is 4.96. The van der Waals surface area contributed by atoms with E-state index in [9.17, 15) is 0 Å². The second-order valence-corrected chi connectivity index (χ2v) is 9.31. The van der Waals surface area contributed by atoms with Crippen LogP contribution in [0.3, 0.4) is 0 Å². The summed E-state index contributed by atoms with van der Waals surface area (Å²) in [5, 5.41) is 9.78. The Labute approximate surface area is 182 Å². The average molecular weight is 444 g/mol. The number of fused-ring (bicyclic) bond motifs is 1. The van der Waals surface area contributed by atoms with Crippen LogP contribution in [-0.2, 0) is 6.67 Å². The Morgan fingerprint density at radius 2 is 2.03 bits per heavy atom. The predicted molar refractivity (Wildman–Crippen MR) is 123 cm³/mol. The number of benzene rings is 2. The number of nitrogens with one attached hydrogen (secondary N) is 1. The van der Waals surface area contributed by atoms with Crippen LogP contribution >= 0.6 is 34.9 Å². The van der Waals surface area contributed by atoms with Crippen molar-refractivity contribution in [3.05, 3.63) is 57.5 Å². The van der Waals surface area contributed by atoms with Gasteiger partial charge in [-0.1, -0.05) is 29.5 Å². The molecule has 29 heavy (non-hydrogen) atoms. The largest absolute Gasteiger partial charge is 0.497 e. The van der Waals surface area contributed by atoms with Gasteiger partial charge in [0.05, 0.1) is 30.0 Å². The highest BCUT2D eigenvalue weighted by Crippen LogP contribution is 2.29. The Kier molecular flexibility index (Phi) is 5.91. The number of rotatable bonds is 7. The van der Waals surface area contributed by atoms with Gasteiger partial charge in [0, 0.05) is 11.8 Å². The van der Waals surface area contributed by atoms with Crippen LogP contribution in [-0.4, -0.2) is 33.8 Å². The van der Waals surface area contributed by atoms with Gasteiger partial charge in [0.1, 0.15) is 10.8 Å². The lowest BCUT2D eigenvalue weighted by Gasteiger charge is -2.22. The molecule has 0 aliphatic heterocycles. The standard InChI is InChI=1S/C20H21N5OS3/c1-13(18-22-16-9-4-5-10-17(16)28-18)24(2)12-25-20(27)29-19(23-25)21-14-7-6-8-15(11-14)26-3/h4-11,13H,12H2,1-3H3,(H,21,23)/t13-/m0/s1. The van der Waals surface area contributed by atoms with Crippen LogP contribution < -0.4 is 10.1 Å². The summed E-state index contributed by atoms with van der Waals surface area (Å²) in [4.78, 5) is 6.97. The first-order valence-corrected chi connectivity index (χ1v) is 11.1. The van der Waals surface area contributed by atoms with Crippen LogP contribution in [0.1, 0.15) is 18.0 Å². The van der Waals surface area contributed by atoms with Crippen molar-refractivity contribution in [2.45, 2.75) is 19.6 Å². The molecule has 9 heteroatoms. The maximum Gasteiger partial charge on any atom is 0.209 e. The molecule has 0 fully saturated rings. The van der Waals surface area contributed by atoms with Crippen molar-refractivity contribution >= 4 is 55.9 Å². The summed E-state index contributed by atoms with van der Waals surface area (Å²) < 4.78 is 9.04. The van der Waals surface area contributed by atoms with E-state index in [1.807, 2.05) is 41.1 Å². The Balaban J connectivity index is 1.48. The van der Waals surface area contributed by atoms with E-state index in [-0.39, 0.29) is 6.04 Å². The summed E-state index contributed by atoms with van der Waals surface area (Å²) in [5.74, 6) is 0.794. The topological polar surface area (TPSA) is 55.2 Å². The fraction of sp³-hybridized carbons (Fsp3) is 0.250. The van der Waals surface area contributed by atoms with Crippen LogP contribution in [0.25, 0.3) is 10.2 Å². The van der Waals surface area contributed by atoms with Gasteiger partial charge in [-0.3, -0.25) is 4.90 Å². The van der Waals surface area contributed by atoms with Gasteiger partial charge in [0.25, 0.3) is 0 Å². The molecule has 2 aromatic heterocycles. The minimum absolute atomic E-state index is 0.158. The third-order valence-electron chi connectivity index (χ3n) is 4.61. The average Bonchev–Trinajstić information content (AvgIpc) is 3.30. The van der Waals surface area contributed by atoms with Gasteiger partial charge < -0.3 is 10.1 Å². The third-order valence-corrected chi connectivity index (χ3v) is 7.04. The Morgan fingerprint density at radius 1 is 1.21 bits per heavy atom. The summed E-state index contributed by atoms with van der Waals surface area (Å²) in [6.45, 7) is 2.75. The van der Waals surface area contributed by atoms with Gasteiger partial charge >= 0.3 is 0 Å². The molecule has 2 aromatic carbocycles. The first kappa shape index (κ1) is 20.0. The van der Waals surface area contributed by atoms with Gasteiger partial charge in [-0.2, -0.15) is 0 Å². The molecule has 6 nitrogen and oxygen atoms in total. The van der Waals surface area contributed by atoms with E-state index in [0.717, 1.165) is 31.0 Å². The maximum atomic E-state index is 5.53. The van der Waals surface area contributed by atoms with E-state index < -0.39 is 0 Å². The van der Waals surface area contributed by atoms with Gasteiger partial charge in [0.2, 0.25) is 5.13 Å². The number of hydrogen-bond acceptors (Lipinski definition) is 8. The maximum absolute atomic E-state index is 5.53. The van der Waals surface area contributed by atoms with Crippen LogP contribution in [0.5, 0.6) is 5.75 Å². The Hall–Kier alpha value is -2.33. The summed E-state index contributed by atoms with van der Waals surface area (Å²) in [5.41, 5.74) is 1.96. The number of thiazole rings is 1. The number of ether oxygens (including phenoxy) is 1. The molecular weight excluding hydrogens is 422 g/mol. The third kappa shape index (κ3) is 4.48.